The number of amides is 2. The van der Waals surface area contributed by atoms with E-state index in [0.717, 1.165) is 24.6 Å². The van der Waals surface area contributed by atoms with Gasteiger partial charge in [0.05, 0.1) is 17.9 Å². The Bertz CT molecular complexity index is 741. The van der Waals surface area contributed by atoms with Crippen molar-refractivity contribution in [2.75, 3.05) is 47.5 Å². The molecule has 0 radical (unpaired) electrons. The molecule has 3 aliphatic heterocycles. The van der Waals surface area contributed by atoms with E-state index in [1.807, 2.05) is 16.7 Å². The molecule has 0 bridgehead atoms. The Morgan fingerprint density at radius 2 is 2.12 bits per heavy atom. The maximum Gasteiger partial charge on any atom is 0.415 e. The van der Waals surface area contributed by atoms with Crippen LogP contribution in [-0.4, -0.2) is 61.9 Å². The molecule has 140 valence electrons. The van der Waals surface area contributed by atoms with Crippen LogP contribution in [0.1, 0.15) is 6.92 Å². The van der Waals surface area contributed by atoms with Crippen molar-refractivity contribution in [3.63, 3.8) is 0 Å². The Morgan fingerprint density at radius 1 is 1.35 bits per heavy atom. The average Bonchev–Trinajstić information content (AvgIpc) is 2.96. The van der Waals surface area contributed by atoms with Gasteiger partial charge in [-0.05, 0) is 0 Å². The van der Waals surface area contributed by atoms with E-state index < -0.39 is 18.2 Å². The number of anilines is 2. The minimum atomic E-state index is -0.545. The number of nitrogens with zero attached hydrogens (tertiary/aromatic N) is 2. The lowest BCUT2D eigenvalue weighted by Crippen LogP contribution is -2.47. The number of cyclic esters (lactones) is 1. The summed E-state index contributed by atoms with van der Waals surface area (Å²) in [4.78, 5) is 26.9. The minimum Gasteiger partial charge on any atom is -0.489 e. The first-order valence-corrected chi connectivity index (χ1v) is 9.73. The number of rotatable bonds is 3. The third-order valence-electron chi connectivity index (χ3n) is 4.81. The molecule has 3 aliphatic rings. The molecule has 0 spiro atoms. The number of carbonyl (C=O) groups is 2. The van der Waals surface area contributed by atoms with Gasteiger partial charge in [0.15, 0.2) is 0 Å². The molecule has 2 fully saturated rings. The standard InChI is InChI=1S/C17H20FN3O4S/c1-10(22)19-8-16-14-9-24-15-7-12(20-2-4-26-5-3-20)11(18)6-13(15)21(14)17(23)25-16/h6-7,14,16H,2-5,8-9H2,1H3,(H,19,22). The summed E-state index contributed by atoms with van der Waals surface area (Å²) >= 11 is 1.85. The Morgan fingerprint density at radius 3 is 2.85 bits per heavy atom. The van der Waals surface area contributed by atoms with Crippen molar-refractivity contribution in [1.82, 2.24) is 5.32 Å². The summed E-state index contributed by atoms with van der Waals surface area (Å²) in [7, 11) is 0. The van der Waals surface area contributed by atoms with Crippen LogP contribution < -0.4 is 19.9 Å². The van der Waals surface area contributed by atoms with Gasteiger partial charge in [-0.25, -0.2) is 9.18 Å². The van der Waals surface area contributed by atoms with Crippen molar-refractivity contribution in [3.05, 3.63) is 17.9 Å². The number of thioether (sulfide) groups is 1. The van der Waals surface area contributed by atoms with Crippen LogP contribution in [0, 0.1) is 5.82 Å². The number of hydrogen-bond acceptors (Lipinski definition) is 6. The molecule has 1 N–H and O–H groups in total. The van der Waals surface area contributed by atoms with Crippen LogP contribution in [0.25, 0.3) is 0 Å². The summed E-state index contributed by atoms with van der Waals surface area (Å²) in [6.45, 7) is 3.41. The molecule has 9 heteroatoms. The highest BCUT2D eigenvalue weighted by Crippen LogP contribution is 2.42. The van der Waals surface area contributed by atoms with Crippen LogP contribution in [0.3, 0.4) is 0 Å². The van der Waals surface area contributed by atoms with Gasteiger partial charge >= 0.3 is 6.09 Å². The zero-order chi connectivity index (χ0) is 18.3. The van der Waals surface area contributed by atoms with Crippen molar-refractivity contribution in [2.45, 2.75) is 19.1 Å². The highest BCUT2D eigenvalue weighted by molar-refractivity contribution is 7.99. The number of halogens is 1. The Hall–Kier alpha value is -2.16. The van der Waals surface area contributed by atoms with Crippen LogP contribution in [0.2, 0.25) is 0 Å². The number of fused-ring (bicyclic) bond motifs is 3. The SMILES string of the molecule is CC(=O)NCC1OC(=O)N2c3cc(F)c(N4CCSCC4)cc3OCC12. The first-order valence-electron chi connectivity index (χ1n) is 8.58. The largest absolute Gasteiger partial charge is 0.489 e. The van der Waals surface area contributed by atoms with E-state index in [1.54, 1.807) is 6.07 Å². The van der Waals surface area contributed by atoms with E-state index in [-0.39, 0.29) is 24.9 Å². The van der Waals surface area contributed by atoms with E-state index in [9.17, 15) is 14.0 Å². The normalized spacial score (nSPS) is 24.5. The number of nitrogens with one attached hydrogen (secondary N) is 1. The van der Waals surface area contributed by atoms with Gasteiger partial charge in [-0.3, -0.25) is 9.69 Å². The maximum atomic E-state index is 14.8. The van der Waals surface area contributed by atoms with Gasteiger partial charge in [0, 0.05) is 43.7 Å². The first kappa shape index (κ1) is 17.3. The quantitative estimate of drug-likeness (QED) is 0.858. The van der Waals surface area contributed by atoms with Crippen molar-refractivity contribution < 1.29 is 23.5 Å². The second-order valence-electron chi connectivity index (χ2n) is 6.48. The van der Waals surface area contributed by atoms with E-state index in [0.29, 0.717) is 17.1 Å². The number of benzene rings is 1. The molecular weight excluding hydrogens is 361 g/mol. The summed E-state index contributed by atoms with van der Waals surface area (Å²) in [6, 6.07) is 2.63. The molecule has 1 aromatic carbocycles. The fraction of sp³-hybridized carbons (Fsp3) is 0.529. The zero-order valence-corrected chi connectivity index (χ0v) is 15.2. The second-order valence-corrected chi connectivity index (χ2v) is 7.70. The van der Waals surface area contributed by atoms with Gasteiger partial charge in [0.25, 0.3) is 0 Å². The third-order valence-corrected chi connectivity index (χ3v) is 5.75. The highest BCUT2D eigenvalue weighted by Gasteiger charge is 2.47. The lowest BCUT2D eigenvalue weighted by Gasteiger charge is -2.34. The van der Waals surface area contributed by atoms with E-state index in [2.05, 4.69) is 5.32 Å². The smallest absolute Gasteiger partial charge is 0.415 e. The predicted molar refractivity (Wildman–Crippen MR) is 96.7 cm³/mol. The first-order chi connectivity index (χ1) is 12.5. The number of hydrogen-bond donors (Lipinski definition) is 1. The highest BCUT2D eigenvalue weighted by atomic mass is 32.2. The maximum absolute atomic E-state index is 14.8. The molecule has 2 unspecified atom stereocenters. The van der Waals surface area contributed by atoms with Gasteiger partial charge < -0.3 is 19.7 Å². The van der Waals surface area contributed by atoms with Crippen molar-refractivity contribution >= 4 is 35.1 Å². The fourth-order valence-corrected chi connectivity index (χ4v) is 4.41. The molecule has 1 aromatic rings. The summed E-state index contributed by atoms with van der Waals surface area (Å²) in [5.41, 5.74) is 0.883. The van der Waals surface area contributed by atoms with Crippen molar-refractivity contribution in [1.29, 1.82) is 0 Å². The van der Waals surface area contributed by atoms with Crippen LogP contribution in [0.4, 0.5) is 20.6 Å². The summed E-state index contributed by atoms with van der Waals surface area (Å²) in [5.74, 6) is 1.82. The molecule has 2 amide bonds. The van der Waals surface area contributed by atoms with E-state index >= 15 is 0 Å². The Balaban J connectivity index is 1.60. The lowest BCUT2D eigenvalue weighted by atomic mass is 10.1. The minimum absolute atomic E-state index is 0.201. The molecule has 7 nitrogen and oxygen atoms in total. The van der Waals surface area contributed by atoms with Gasteiger partial charge in [-0.1, -0.05) is 0 Å². The van der Waals surface area contributed by atoms with E-state index in [4.69, 9.17) is 9.47 Å². The zero-order valence-electron chi connectivity index (χ0n) is 14.4. The summed E-state index contributed by atoms with van der Waals surface area (Å²) in [5, 5.41) is 2.65. The van der Waals surface area contributed by atoms with Crippen molar-refractivity contribution in [3.8, 4) is 5.75 Å². The Labute approximate surface area is 154 Å². The van der Waals surface area contributed by atoms with E-state index in [1.165, 1.54) is 17.9 Å². The van der Waals surface area contributed by atoms with Gasteiger partial charge in [0.2, 0.25) is 5.91 Å². The van der Waals surface area contributed by atoms with Crippen LogP contribution >= 0.6 is 11.8 Å². The number of ether oxygens (including phenoxy) is 2. The molecule has 0 saturated carbocycles. The molecule has 4 rings (SSSR count). The molecule has 0 aromatic heterocycles. The molecule has 0 aliphatic carbocycles. The van der Waals surface area contributed by atoms with Gasteiger partial charge in [-0.2, -0.15) is 11.8 Å². The monoisotopic (exact) mass is 381 g/mol. The topological polar surface area (TPSA) is 71.1 Å². The van der Waals surface area contributed by atoms with Crippen LogP contribution in [-0.2, 0) is 9.53 Å². The Kier molecular flexibility index (Phi) is 4.56. The number of carbonyl (C=O) groups excluding carboxylic acids is 2. The third kappa shape index (κ3) is 3.04. The van der Waals surface area contributed by atoms with Crippen LogP contribution in [0.15, 0.2) is 12.1 Å². The molecular formula is C17H20FN3O4S. The average molecular weight is 381 g/mol. The fourth-order valence-electron chi connectivity index (χ4n) is 3.51. The molecule has 2 saturated heterocycles. The lowest BCUT2D eigenvalue weighted by molar-refractivity contribution is -0.119. The second kappa shape index (κ2) is 6.86. The summed E-state index contributed by atoms with van der Waals surface area (Å²) < 4.78 is 25.9. The summed E-state index contributed by atoms with van der Waals surface area (Å²) in [6.07, 6.45) is -1.07. The molecule has 3 heterocycles. The van der Waals surface area contributed by atoms with Crippen LogP contribution in [0.5, 0.6) is 5.75 Å². The van der Waals surface area contributed by atoms with Crippen molar-refractivity contribution in [2.24, 2.45) is 0 Å². The molecule has 2 atom stereocenters. The molecule has 26 heavy (non-hydrogen) atoms. The van der Waals surface area contributed by atoms with Gasteiger partial charge in [0.1, 0.15) is 30.3 Å². The van der Waals surface area contributed by atoms with Gasteiger partial charge in [-0.15, -0.1) is 0 Å². The predicted octanol–water partition coefficient (Wildman–Crippen LogP) is 1.60.